The molecule has 1 aliphatic heterocycles. The summed E-state index contributed by atoms with van der Waals surface area (Å²) in [6, 6.07) is 9.82. The first kappa shape index (κ1) is 12.3. The zero-order valence-electron chi connectivity index (χ0n) is 11.3. The van der Waals surface area contributed by atoms with Gasteiger partial charge in [0.25, 0.3) is 5.91 Å². The fourth-order valence-corrected chi connectivity index (χ4v) is 3.45. The van der Waals surface area contributed by atoms with Crippen molar-refractivity contribution in [3.63, 3.8) is 0 Å². The van der Waals surface area contributed by atoms with E-state index >= 15 is 0 Å². The van der Waals surface area contributed by atoms with Crippen molar-refractivity contribution in [2.45, 2.75) is 13.0 Å². The number of amides is 1. The normalized spacial score (nSPS) is 17.3. The number of rotatable bonds is 2. The predicted octanol–water partition coefficient (Wildman–Crippen LogP) is 2.92. The molecule has 2 aromatic heterocycles. The zero-order chi connectivity index (χ0) is 14.4. The van der Waals surface area contributed by atoms with Gasteiger partial charge in [0.2, 0.25) is 0 Å². The summed E-state index contributed by atoms with van der Waals surface area (Å²) in [7, 11) is 0. The molecule has 21 heavy (non-hydrogen) atoms. The van der Waals surface area contributed by atoms with E-state index in [0.29, 0.717) is 10.8 Å². The molecule has 0 saturated carbocycles. The molecule has 1 atom stereocenters. The third-order valence-corrected chi connectivity index (χ3v) is 4.46. The van der Waals surface area contributed by atoms with E-state index in [1.165, 1.54) is 11.3 Å². The molecule has 0 unspecified atom stereocenters. The van der Waals surface area contributed by atoms with Crippen LogP contribution in [0.5, 0.6) is 0 Å². The summed E-state index contributed by atoms with van der Waals surface area (Å²) < 4.78 is 0. The Morgan fingerprint density at radius 1 is 1.29 bits per heavy atom. The van der Waals surface area contributed by atoms with Crippen LogP contribution in [-0.2, 0) is 0 Å². The highest BCUT2D eigenvalue weighted by molar-refractivity contribution is 7.13. The van der Waals surface area contributed by atoms with Gasteiger partial charge in [0, 0.05) is 22.8 Å². The fraction of sp³-hybridized carbons (Fsp3) is 0.133. The van der Waals surface area contributed by atoms with Crippen molar-refractivity contribution in [3.8, 4) is 0 Å². The van der Waals surface area contributed by atoms with Crippen molar-refractivity contribution in [1.82, 2.24) is 15.2 Å². The molecule has 1 N–H and O–H groups in total. The van der Waals surface area contributed by atoms with Gasteiger partial charge in [0.15, 0.2) is 10.8 Å². The number of fused-ring (bicyclic) bond motifs is 1. The van der Waals surface area contributed by atoms with Crippen molar-refractivity contribution in [1.29, 1.82) is 0 Å². The van der Waals surface area contributed by atoms with Gasteiger partial charge in [-0.2, -0.15) is 5.10 Å². The van der Waals surface area contributed by atoms with Gasteiger partial charge < -0.3 is 0 Å². The topological polar surface area (TPSA) is 61.9 Å². The number of hydrogen-bond acceptors (Lipinski definition) is 4. The molecule has 4 rings (SSSR count). The van der Waals surface area contributed by atoms with Crippen molar-refractivity contribution in [3.05, 3.63) is 64.4 Å². The van der Waals surface area contributed by atoms with Gasteiger partial charge in [-0.25, -0.2) is 4.98 Å². The lowest BCUT2D eigenvalue weighted by Gasteiger charge is -2.23. The van der Waals surface area contributed by atoms with Crippen molar-refractivity contribution >= 4 is 22.4 Å². The van der Waals surface area contributed by atoms with Crippen LogP contribution in [0.4, 0.5) is 5.13 Å². The van der Waals surface area contributed by atoms with E-state index in [2.05, 4.69) is 15.2 Å². The number of nitrogens with one attached hydrogen (secondary N) is 1. The molecular weight excluding hydrogens is 284 g/mol. The average Bonchev–Trinajstić information content (AvgIpc) is 3.19. The molecular formula is C15H12N4OS. The number of hydrogen-bond donors (Lipinski definition) is 1. The van der Waals surface area contributed by atoms with Gasteiger partial charge in [0.05, 0.1) is 6.04 Å². The highest BCUT2D eigenvalue weighted by Crippen LogP contribution is 2.42. The largest absolute Gasteiger partial charge is 0.282 e. The maximum Gasteiger partial charge on any atom is 0.281 e. The molecule has 1 amide bonds. The third kappa shape index (κ3) is 1.72. The highest BCUT2D eigenvalue weighted by atomic mass is 32.1. The summed E-state index contributed by atoms with van der Waals surface area (Å²) >= 11 is 1.46. The predicted molar refractivity (Wildman–Crippen MR) is 80.5 cm³/mol. The van der Waals surface area contributed by atoms with Gasteiger partial charge in [-0.3, -0.25) is 14.8 Å². The van der Waals surface area contributed by atoms with Crippen molar-refractivity contribution in [2.24, 2.45) is 0 Å². The number of benzene rings is 1. The van der Waals surface area contributed by atoms with E-state index in [9.17, 15) is 4.79 Å². The molecule has 0 bridgehead atoms. The Balaban J connectivity index is 1.94. The van der Waals surface area contributed by atoms with Gasteiger partial charge in [-0.05, 0) is 12.5 Å². The molecule has 3 heterocycles. The first-order chi connectivity index (χ1) is 10.3. The minimum Gasteiger partial charge on any atom is -0.282 e. The van der Waals surface area contributed by atoms with Gasteiger partial charge in [-0.15, -0.1) is 11.3 Å². The van der Waals surface area contributed by atoms with Gasteiger partial charge >= 0.3 is 0 Å². The molecule has 0 aliphatic carbocycles. The first-order valence-corrected chi connectivity index (χ1v) is 7.48. The lowest BCUT2D eigenvalue weighted by molar-refractivity contribution is 0.0988. The van der Waals surface area contributed by atoms with E-state index in [0.717, 1.165) is 16.8 Å². The van der Waals surface area contributed by atoms with E-state index in [4.69, 9.17) is 0 Å². The van der Waals surface area contributed by atoms with Crippen LogP contribution in [-0.4, -0.2) is 21.1 Å². The van der Waals surface area contributed by atoms with Crippen LogP contribution in [0.25, 0.3) is 0 Å². The second-order valence-electron chi connectivity index (χ2n) is 4.91. The number of aromatic nitrogens is 3. The molecule has 0 saturated heterocycles. The van der Waals surface area contributed by atoms with Crippen LogP contribution < -0.4 is 4.90 Å². The Morgan fingerprint density at radius 3 is 2.81 bits per heavy atom. The standard InChI is InChI=1S/C15H12N4OS/c1-9-11-12(18-17-9)14(20)19(15-16-7-8-21-15)13(11)10-5-3-2-4-6-10/h2-8,13H,1H3,(H,17,18)/t13-/m1/s1. The smallest absolute Gasteiger partial charge is 0.281 e. The highest BCUT2D eigenvalue weighted by Gasteiger charge is 2.43. The molecule has 1 aliphatic rings. The van der Waals surface area contributed by atoms with Crippen LogP contribution in [0.15, 0.2) is 41.9 Å². The molecule has 0 fully saturated rings. The lowest BCUT2D eigenvalue weighted by atomic mass is 9.99. The van der Waals surface area contributed by atoms with Gasteiger partial charge in [-0.1, -0.05) is 30.3 Å². The van der Waals surface area contributed by atoms with Crippen LogP contribution in [0, 0.1) is 6.92 Å². The Labute approximate surface area is 125 Å². The van der Waals surface area contributed by atoms with Crippen molar-refractivity contribution < 1.29 is 4.79 Å². The second-order valence-corrected chi connectivity index (χ2v) is 5.79. The van der Waals surface area contributed by atoms with E-state index in [1.54, 1.807) is 11.1 Å². The molecule has 5 nitrogen and oxygen atoms in total. The Morgan fingerprint density at radius 2 is 2.10 bits per heavy atom. The zero-order valence-corrected chi connectivity index (χ0v) is 12.1. The van der Waals surface area contributed by atoms with Gasteiger partial charge in [0.1, 0.15) is 0 Å². The summed E-state index contributed by atoms with van der Waals surface area (Å²) in [5.41, 5.74) is 3.42. The number of thiazole rings is 1. The maximum absolute atomic E-state index is 12.7. The minimum absolute atomic E-state index is 0.0989. The summed E-state index contributed by atoms with van der Waals surface area (Å²) in [5, 5.41) is 9.67. The minimum atomic E-state index is -0.168. The second kappa shape index (κ2) is 4.53. The number of carbonyl (C=O) groups excluding carboxylic acids is 1. The number of H-pyrrole nitrogens is 1. The number of carbonyl (C=O) groups is 1. The van der Waals surface area contributed by atoms with Crippen LogP contribution in [0.1, 0.15) is 33.4 Å². The summed E-state index contributed by atoms with van der Waals surface area (Å²) in [6.45, 7) is 1.94. The van der Waals surface area contributed by atoms with E-state index in [-0.39, 0.29) is 11.9 Å². The number of anilines is 1. The molecule has 3 aromatic rings. The number of aryl methyl sites for hydroxylation is 1. The molecule has 6 heteroatoms. The van der Waals surface area contributed by atoms with E-state index < -0.39 is 0 Å². The Hall–Kier alpha value is -2.47. The monoisotopic (exact) mass is 296 g/mol. The molecule has 0 spiro atoms. The fourth-order valence-electron chi connectivity index (χ4n) is 2.78. The quantitative estimate of drug-likeness (QED) is 0.791. The summed E-state index contributed by atoms with van der Waals surface area (Å²) in [5.74, 6) is -0.0989. The summed E-state index contributed by atoms with van der Waals surface area (Å²) in [6.07, 6.45) is 1.71. The SMILES string of the molecule is Cc1[nH]nc2c1[C@@H](c1ccccc1)N(c1nccs1)C2=O. The average molecular weight is 296 g/mol. The number of aromatic amines is 1. The lowest BCUT2D eigenvalue weighted by Crippen LogP contribution is -2.29. The maximum atomic E-state index is 12.7. The van der Waals surface area contributed by atoms with Crippen molar-refractivity contribution in [2.75, 3.05) is 4.90 Å². The van der Waals surface area contributed by atoms with Crippen LogP contribution >= 0.6 is 11.3 Å². The number of nitrogens with zero attached hydrogens (tertiary/aromatic N) is 3. The van der Waals surface area contributed by atoms with E-state index in [1.807, 2.05) is 42.6 Å². The Kier molecular flexibility index (Phi) is 2.65. The van der Waals surface area contributed by atoms with Crippen LogP contribution in [0.2, 0.25) is 0 Å². The molecule has 1 aromatic carbocycles. The molecule has 104 valence electrons. The summed E-state index contributed by atoms with van der Waals surface area (Å²) in [4.78, 5) is 18.7. The third-order valence-electron chi connectivity index (χ3n) is 3.69. The van der Waals surface area contributed by atoms with Crippen LogP contribution in [0.3, 0.4) is 0 Å². The Bertz CT molecular complexity index is 794. The first-order valence-electron chi connectivity index (χ1n) is 6.60. The molecule has 0 radical (unpaired) electrons.